The van der Waals surface area contributed by atoms with Gasteiger partial charge in [0, 0.05) is 16.2 Å². The molecule has 0 saturated carbocycles. The van der Waals surface area contributed by atoms with Gasteiger partial charge in [-0.1, -0.05) is 42.5 Å². The van der Waals surface area contributed by atoms with Crippen LogP contribution in [-0.4, -0.2) is 14.2 Å². The molecule has 0 fully saturated rings. The molecule has 0 aliphatic heterocycles. The van der Waals surface area contributed by atoms with Gasteiger partial charge in [0.2, 0.25) is 0 Å². The molecule has 5 rings (SSSR count). The number of ether oxygens (including phenoxy) is 2. The Kier molecular flexibility index (Phi) is 2.92. The molecule has 3 heteroatoms. The Morgan fingerprint density at radius 3 is 1.96 bits per heavy atom. The van der Waals surface area contributed by atoms with Crippen LogP contribution in [0.2, 0.25) is 0 Å². The number of rotatable bonds is 2. The van der Waals surface area contributed by atoms with E-state index in [9.17, 15) is 0 Å². The van der Waals surface area contributed by atoms with Crippen LogP contribution in [0.25, 0.3) is 43.5 Å². The predicted octanol–water partition coefficient (Wildman–Crippen LogP) is 5.91. The molecule has 0 radical (unpaired) electrons. The van der Waals surface area contributed by atoms with E-state index in [1.807, 2.05) is 30.3 Å². The van der Waals surface area contributed by atoms with E-state index in [1.165, 1.54) is 10.8 Å². The van der Waals surface area contributed by atoms with Crippen molar-refractivity contribution in [2.24, 2.45) is 0 Å². The maximum Gasteiger partial charge on any atom is 0.161 e. The monoisotopic (exact) mass is 328 g/mol. The third-order valence-corrected chi connectivity index (χ3v) is 4.85. The first kappa shape index (κ1) is 14.2. The van der Waals surface area contributed by atoms with Crippen LogP contribution in [0.4, 0.5) is 0 Å². The first-order valence-corrected chi connectivity index (χ1v) is 8.19. The van der Waals surface area contributed by atoms with Gasteiger partial charge < -0.3 is 13.9 Å². The number of fused-ring (bicyclic) bond motifs is 8. The van der Waals surface area contributed by atoms with Crippen LogP contribution in [0.1, 0.15) is 0 Å². The average Bonchev–Trinajstić information content (AvgIpc) is 3.07. The van der Waals surface area contributed by atoms with Crippen LogP contribution >= 0.6 is 0 Å². The Morgan fingerprint density at radius 2 is 1.24 bits per heavy atom. The van der Waals surface area contributed by atoms with Crippen molar-refractivity contribution >= 4 is 43.5 Å². The van der Waals surface area contributed by atoms with Crippen molar-refractivity contribution in [1.29, 1.82) is 0 Å². The standard InChI is InChI=1S/C22H16O3/c1-23-19-11-16-13-7-3-4-8-14(13)21-15-9-5-6-10-18(15)25-22(21)17(16)12-20(19)24-2/h3-12H,1-2H3. The average molecular weight is 328 g/mol. The molecule has 5 aromatic rings. The van der Waals surface area contributed by atoms with Gasteiger partial charge in [0.15, 0.2) is 11.5 Å². The highest BCUT2D eigenvalue weighted by Crippen LogP contribution is 2.44. The summed E-state index contributed by atoms with van der Waals surface area (Å²) in [5.41, 5.74) is 1.78. The molecule has 4 aromatic carbocycles. The van der Waals surface area contributed by atoms with Crippen molar-refractivity contribution in [3.05, 3.63) is 60.7 Å². The van der Waals surface area contributed by atoms with Gasteiger partial charge in [0.1, 0.15) is 11.2 Å². The highest BCUT2D eigenvalue weighted by atomic mass is 16.5. The van der Waals surface area contributed by atoms with Crippen molar-refractivity contribution in [2.75, 3.05) is 14.2 Å². The van der Waals surface area contributed by atoms with E-state index < -0.39 is 0 Å². The summed E-state index contributed by atoms with van der Waals surface area (Å²) in [6.07, 6.45) is 0. The lowest BCUT2D eigenvalue weighted by Gasteiger charge is -2.12. The van der Waals surface area contributed by atoms with Crippen molar-refractivity contribution in [2.45, 2.75) is 0 Å². The lowest BCUT2D eigenvalue weighted by atomic mass is 9.96. The number of furan rings is 1. The molecule has 0 saturated heterocycles. The number of methoxy groups -OCH3 is 2. The summed E-state index contributed by atoms with van der Waals surface area (Å²) in [5, 5.41) is 6.76. The second-order valence-electron chi connectivity index (χ2n) is 6.10. The molecular formula is C22H16O3. The van der Waals surface area contributed by atoms with Gasteiger partial charge in [0.25, 0.3) is 0 Å². The van der Waals surface area contributed by atoms with Crippen LogP contribution < -0.4 is 9.47 Å². The van der Waals surface area contributed by atoms with E-state index in [0.29, 0.717) is 5.75 Å². The van der Waals surface area contributed by atoms with Crippen molar-refractivity contribution in [1.82, 2.24) is 0 Å². The molecule has 122 valence electrons. The zero-order valence-corrected chi connectivity index (χ0v) is 14.0. The summed E-state index contributed by atoms with van der Waals surface area (Å²) in [4.78, 5) is 0. The molecule has 0 unspecified atom stereocenters. The second-order valence-corrected chi connectivity index (χ2v) is 6.10. The number of hydrogen-bond acceptors (Lipinski definition) is 3. The number of benzene rings is 4. The molecule has 0 aliphatic carbocycles. The number of hydrogen-bond donors (Lipinski definition) is 0. The van der Waals surface area contributed by atoms with Crippen molar-refractivity contribution < 1.29 is 13.9 Å². The van der Waals surface area contributed by atoms with Gasteiger partial charge in [-0.3, -0.25) is 0 Å². The molecule has 1 heterocycles. The Balaban J connectivity index is 2.13. The van der Waals surface area contributed by atoms with Crippen LogP contribution in [0.3, 0.4) is 0 Å². The molecule has 0 N–H and O–H groups in total. The fourth-order valence-electron chi connectivity index (χ4n) is 3.73. The normalized spacial score (nSPS) is 11.6. The first-order valence-electron chi connectivity index (χ1n) is 8.19. The minimum absolute atomic E-state index is 0.701. The molecule has 1 aromatic heterocycles. The quantitative estimate of drug-likeness (QED) is 0.378. The Hall–Kier alpha value is -3.20. The van der Waals surface area contributed by atoms with Crippen LogP contribution in [-0.2, 0) is 0 Å². The smallest absolute Gasteiger partial charge is 0.161 e. The molecule has 0 spiro atoms. The van der Waals surface area contributed by atoms with Crippen molar-refractivity contribution in [3.63, 3.8) is 0 Å². The molecule has 0 amide bonds. The summed E-state index contributed by atoms with van der Waals surface area (Å²) in [6, 6.07) is 20.6. The molecule has 0 atom stereocenters. The lowest BCUT2D eigenvalue weighted by molar-refractivity contribution is 0.356. The van der Waals surface area contributed by atoms with E-state index in [4.69, 9.17) is 13.9 Å². The summed E-state index contributed by atoms with van der Waals surface area (Å²) in [5.74, 6) is 1.42. The van der Waals surface area contributed by atoms with Gasteiger partial charge in [-0.25, -0.2) is 0 Å². The van der Waals surface area contributed by atoms with Gasteiger partial charge in [-0.2, -0.15) is 0 Å². The highest BCUT2D eigenvalue weighted by molar-refractivity contribution is 6.30. The van der Waals surface area contributed by atoms with Crippen LogP contribution in [0.5, 0.6) is 11.5 Å². The van der Waals surface area contributed by atoms with E-state index in [-0.39, 0.29) is 0 Å². The van der Waals surface area contributed by atoms with Gasteiger partial charge >= 0.3 is 0 Å². The highest BCUT2D eigenvalue weighted by Gasteiger charge is 2.17. The van der Waals surface area contributed by atoms with Gasteiger partial charge in [-0.05, 0) is 34.4 Å². The zero-order valence-electron chi connectivity index (χ0n) is 14.0. The van der Waals surface area contributed by atoms with E-state index in [0.717, 1.165) is 38.5 Å². The SMILES string of the molecule is COc1cc2c3ccccc3c3c4ccccc4oc3c2cc1OC. The third kappa shape index (κ3) is 1.86. The zero-order chi connectivity index (χ0) is 17.0. The molecule has 0 bridgehead atoms. The van der Waals surface area contributed by atoms with Gasteiger partial charge in [0.05, 0.1) is 14.2 Å². The minimum Gasteiger partial charge on any atom is -0.493 e. The summed E-state index contributed by atoms with van der Waals surface area (Å²) < 4.78 is 17.3. The molecule has 0 aliphatic rings. The van der Waals surface area contributed by atoms with Crippen LogP contribution in [0, 0.1) is 0 Å². The molecule has 3 nitrogen and oxygen atoms in total. The Morgan fingerprint density at radius 1 is 0.640 bits per heavy atom. The van der Waals surface area contributed by atoms with E-state index in [2.05, 4.69) is 30.3 Å². The summed E-state index contributed by atoms with van der Waals surface area (Å²) >= 11 is 0. The fourth-order valence-corrected chi connectivity index (χ4v) is 3.73. The van der Waals surface area contributed by atoms with Crippen LogP contribution in [0.15, 0.2) is 65.1 Å². The maximum atomic E-state index is 6.25. The third-order valence-electron chi connectivity index (χ3n) is 4.85. The molecular weight excluding hydrogens is 312 g/mol. The maximum absolute atomic E-state index is 6.25. The topological polar surface area (TPSA) is 31.6 Å². The lowest BCUT2D eigenvalue weighted by Crippen LogP contribution is -1.91. The van der Waals surface area contributed by atoms with E-state index >= 15 is 0 Å². The summed E-state index contributed by atoms with van der Waals surface area (Å²) in [6.45, 7) is 0. The largest absolute Gasteiger partial charge is 0.493 e. The minimum atomic E-state index is 0.701. The van der Waals surface area contributed by atoms with Gasteiger partial charge in [-0.15, -0.1) is 0 Å². The second kappa shape index (κ2) is 5.15. The van der Waals surface area contributed by atoms with Crippen molar-refractivity contribution in [3.8, 4) is 11.5 Å². The number of para-hydroxylation sites is 1. The Labute approximate surface area is 144 Å². The predicted molar refractivity (Wildman–Crippen MR) is 102 cm³/mol. The first-order chi connectivity index (χ1) is 12.3. The summed E-state index contributed by atoms with van der Waals surface area (Å²) in [7, 11) is 3.31. The van der Waals surface area contributed by atoms with E-state index in [1.54, 1.807) is 14.2 Å². The Bertz CT molecular complexity index is 1260. The molecule has 25 heavy (non-hydrogen) atoms. The fraction of sp³-hybridized carbons (Fsp3) is 0.0909.